The number of rotatable bonds is 11. The van der Waals surface area contributed by atoms with Gasteiger partial charge >= 0.3 is 13.7 Å². The number of benzene rings is 1. The molecule has 0 saturated carbocycles. The molecule has 0 aliphatic carbocycles. The number of nitrogens with one attached hydrogen (secondary N) is 2. The van der Waals surface area contributed by atoms with Crippen LogP contribution in [0, 0.1) is 0 Å². The number of imidazole rings is 1. The molecule has 4 rings (SSSR count). The minimum Gasteiger partial charge on any atom is -0.462 e. The van der Waals surface area contributed by atoms with Crippen molar-refractivity contribution in [3.63, 3.8) is 0 Å². The van der Waals surface area contributed by atoms with E-state index in [0.29, 0.717) is 0 Å². The molecular formula is C24H32F2N7O7P. The van der Waals surface area contributed by atoms with E-state index in [-0.39, 0.29) is 28.7 Å². The summed E-state index contributed by atoms with van der Waals surface area (Å²) in [5.74, 6) is -3.90. The molecule has 0 radical (unpaired) electrons. The Kier molecular flexibility index (Phi) is 8.52. The monoisotopic (exact) mass is 599 g/mol. The first-order chi connectivity index (χ1) is 19.2. The highest BCUT2D eigenvalue weighted by molar-refractivity contribution is 7.52. The third kappa shape index (κ3) is 6.26. The number of hydrogen-bond acceptors (Lipinski definition) is 12. The summed E-state index contributed by atoms with van der Waals surface area (Å²) in [5.41, 5.74) is 3.18. The number of ether oxygens (including phenoxy) is 2. The van der Waals surface area contributed by atoms with E-state index in [2.05, 4.69) is 25.4 Å². The number of aromatic nitrogens is 4. The molecule has 1 fully saturated rings. The summed E-state index contributed by atoms with van der Waals surface area (Å²) in [6.07, 6.45) is -3.58. The quantitative estimate of drug-likeness (QED) is 0.186. The summed E-state index contributed by atoms with van der Waals surface area (Å²) >= 11 is 0. The highest BCUT2D eigenvalue weighted by atomic mass is 31.2. The smallest absolute Gasteiger partial charge is 0.459 e. The van der Waals surface area contributed by atoms with Gasteiger partial charge in [0.25, 0.3) is 5.85 Å². The Labute approximate surface area is 234 Å². The van der Waals surface area contributed by atoms with E-state index in [0.717, 1.165) is 17.8 Å². The molecule has 0 bridgehead atoms. The SMILES string of the molecule is CNc1nc(N)nc2c1ncn2[C@@H]1O[C@](F)(COP(=O)(N[C@@H](C)C(=O)OC(C)C)Oc2ccccc2)C(O)[C@@]1(C)F. The van der Waals surface area contributed by atoms with E-state index in [1.54, 1.807) is 39.1 Å². The first-order valence-corrected chi connectivity index (χ1v) is 14.1. The van der Waals surface area contributed by atoms with Gasteiger partial charge < -0.3 is 30.2 Å². The van der Waals surface area contributed by atoms with E-state index < -0.39 is 56.3 Å². The lowest BCUT2D eigenvalue weighted by atomic mass is 9.97. The number of nitrogen functional groups attached to an aromatic ring is 1. The Morgan fingerprint density at radius 2 is 1.95 bits per heavy atom. The lowest BCUT2D eigenvalue weighted by molar-refractivity contribution is -0.202. The van der Waals surface area contributed by atoms with Gasteiger partial charge in [-0.25, -0.2) is 18.3 Å². The third-order valence-corrected chi connectivity index (χ3v) is 7.74. The molecule has 1 aromatic carbocycles. The largest absolute Gasteiger partial charge is 0.462 e. The molecule has 0 amide bonds. The van der Waals surface area contributed by atoms with Gasteiger partial charge in [0.2, 0.25) is 5.95 Å². The van der Waals surface area contributed by atoms with Gasteiger partial charge in [-0.2, -0.15) is 15.1 Å². The number of anilines is 2. The van der Waals surface area contributed by atoms with Crippen LogP contribution in [0.4, 0.5) is 20.5 Å². The molecule has 2 unspecified atom stereocenters. The number of hydrogen-bond donors (Lipinski definition) is 4. The molecule has 224 valence electrons. The van der Waals surface area contributed by atoms with Gasteiger partial charge in [0, 0.05) is 7.05 Å². The Hall–Kier alpha value is -3.43. The van der Waals surface area contributed by atoms with E-state index in [9.17, 15) is 14.5 Å². The molecular weight excluding hydrogens is 567 g/mol. The molecule has 0 spiro atoms. The zero-order valence-electron chi connectivity index (χ0n) is 22.9. The number of alkyl halides is 2. The number of aliphatic hydroxyl groups is 1. The number of esters is 1. The van der Waals surface area contributed by atoms with E-state index in [4.69, 9.17) is 24.3 Å². The van der Waals surface area contributed by atoms with Crippen molar-refractivity contribution in [1.82, 2.24) is 24.6 Å². The fourth-order valence-electron chi connectivity index (χ4n) is 4.15. The Balaban J connectivity index is 1.61. The van der Waals surface area contributed by atoms with E-state index in [1.165, 1.54) is 19.1 Å². The Morgan fingerprint density at radius 3 is 2.59 bits per heavy atom. The molecule has 3 aromatic rings. The summed E-state index contributed by atoms with van der Waals surface area (Å²) in [5, 5.41) is 15.9. The molecule has 1 aliphatic heterocycles. The summed E-state index contributed by atoms with van der Waals surface area (Å²) < 4.78 is 68.2. The highest BCUT2D eigenvalue weighted by Gasteiger charge is 2.65. The molecule has 1 saturated heterocycles. The molecule has 2 aromatic heterocycles. The lowest BCUT2D eigenvalue weighted by Gasteiger charge is -2.28. The van der Waals surface area contributed by atoms with Gasteiger partial charge in [-0.1, -0.05) is 18.2 Å². The summed E-state index contributed by atoms with van der Waals surface area (Å²) in [6.45, 7) is 4.24. The fourth-order valence-corrected chi connectivity index (χ4v) is 5.66. The Bertz CT molecular complexity index is 1440. The van der Waals surface area contributed by atoms with Crippen molar-refractivity contribution in [2.45, 2.75) is 63.7 Å². The van der Waals surface area contributed by atoms with Crippen molar-refractivity contribution in [3.05, 3.63) is 36.7 Å². The van der Waals surface area contributed by atoms with Crippen molar-refractivity contribution >= 4 is 36.6 Å². The maximum atomic E-state index is 16.2. The molecule has 5 N–H and O–H groups in total. The van der Waals surface area contributed by atoms with Crippen LogP contribution in [0.3, 0.4) is 0 Å². The van der Waals surface area contributed by atoms with Crippen molar-refractivity contribution < 1.29 is 41.8 Å². The number of carbonyl (C=O) groups is 1. The second-order valence-electron chi connectivity index (χ2n) is 9.83. The van der Waals surface area contributed by atoms with Crippen LogP contribution in [-0.4, -0.2) is 74.0 Å². The van der Waals surface area contributed by atoms with Gasteiger partial charge in [0.1, 0.15) is 18.4 Å². The van der Waals surface area contributed by atoms with Crippen LogP contribution < -0.4 is 20.7 Å². The normalized spacial score (nSPS) is 26.6. The number of halogens is 2. The highest BCUT2D eigenvalue weighted by Crippen LogP contribution is 2.52. The molecule has 1 aliphatic rings. The maximum absolute atomic E-state index is 16.2. The molecule has 41 heavy (non-hydrogen) atoms. The predicted molar refractivity (Wildman–Crippen MR) is 143 cm³/mol. The second-order valence-corrected chi connectivity index (χ2v) is 11.5. The van der Waals surface area contributed by atoms with Crippen molar-refractivity contribution in [3.8, 4) is 5.75 Å². The van der Waals surface area contributed by atoms with Gasteiger partial charge in [-0.3, -0.25) is 13.9 Å². The number of nitrogens with two attached hydrogens (primary N) is 1. The van der Waals surface area contributed by atoms with Crippen LogP contribution in [0.1, 0.15) is 33.9 Å². The zero-order valence-corrected chi connectivity index (χ0v) is 23.8. The van der Waals surface area contributed by atoms with Crippen LogP contribution in [0.5, 0.6) is 5.75 Å². The number of para-hydroxylation sites is 1. The standard InChI is InChI=1S/C24H32F2N7O7P/c1-13(2)38-19(34)14(3)32-41(36,40-15-9-7-6-8-10-15)37-11-24(26)20(35)23(4,25)21(39-24)33-12-29-16-17(28-5)30-22(27)31-18(16)33/h6-10,12-14,20-21,35H,11H2,1-5H3,(H,32,36)(H3,27,28,30,31)/t14-,20?,21+,23+,24+,41?/m0/s1. The molecule has 17 heteroatoms. The van der Waals surface area contributed by atoms with Crippen LogP contribution in [0.25, 0.3) is 11.2 Å². The van der Waals surface area contributed by atoms with Gasteiger partial charge in [-0.15, -0.1) is 0 Å². The number of aliphatic hydroxyl groups excluding tert-OH is 1. The lowest BCUT2D eigenvalue weighted by Crippen LogP contribution is -2.47. The van der Waals surface area contributed by atoms with E-state index in [1.807, 2.05) is 0 Å². The summed E-state index contributed by atoms with van der Waals surface area (Å²) in [6, 6.07) is 6.52. The average Bonchev–Trinajstić information content (AvgIpc) is 3.39. The number of carbonyl (C=O) groups excluding carboxylic acids is 1. The van der Waals surface area contributed by atoms with Crippen molar-refractivity contribution in [2.24, 2.45) is 0 Å². The molecule has 3 heterocycles. The number of fused-ring (bicyclic) bond motifs is 1. The molecule has 14 nitrogen and oxygen atoms in total. The summed E-state index contributed by atoms with van der Waals surface area (Å²) in [4.78, 5) is 24.5. The molecule has 6 atom stereocenters. The van der Waals surface area contributed by atoms with Crippen LogP contribution in [0.15, 0.2) is 36.7 Å². The second kappa shape index (κ2) is 11.4. The predicted octanol–water partition coefficient (Wildman–Crippen LogP) is 2.87. The van der Waals surface area contributed by atoms with Crippen LogP contribution in [-0.2, 0) is 23.4 Å². The number of nitrogens with zero attached hydrogens (tertiary/aromatic N) is 4. The minimum absolute atomic E-state index is 0.00494. The van der Waals surface area contributed by atoms with Crippen LogP contribution >= 0.6 is 7.75 Å². The van der Waals surface area contributed by atoms with Crippen molar-refractivity contribution in [2.75, 3.05) is 24.7 Å². The van der Waals surface area contributed by atoms with Gasteiger partial charge in [0.15, 0.2) is 35.0 Å². The average molecular weight is 600 g/mol. The third-order valence-electron chi connectivity index (χ3n) is 6.12. The Morgan fingerprint density at radius 1 is 1.27 bits per heavy atom. The summed E-state index contributed by atoms with van der Waals surface area (Å²) in [7, 11) is -3.00. The first kappa shape index (κ1) is 30.5. The van der Waals surface area contributed by atoms with Gasteiger partial charge in [-0.05, 0) is 39.8 Å². The zero-order chi connectivity index (χ0) is 30.2. The van der Waals surface area contributed by atoms with Crippen molar-refractivity contribution in [1.29, 1.82) is 0 Å². The van der Waals surface area contributed by atoms with Gasteiger partial charge in [0.05, 0.1) is 12.4 Å². The fraction of sp³-hybridized carbons (Fsp3) is 0.500. The topological polar surface area (TPSA) is 185 Å². The first-order valence-electron chi connectivity index (χ1n) is 12.6. The minimum atomic E-state index is -4.56. The maximum Gasteiger partial charge on any atom is 0.459 e. The van der Waals surface area contributed by atoms with E-state index >= 15 is 8.78 Å². The van der Waals surface area contributed by atoms with Crippen LogP contribution in [0.2, 0.25) is 0 Å².